The Bertz CT molecular complexity index is 659. The van der Waals surface area contributed by atoms with E-state index in [0.717, 1.165) is 0 Å². The predicted octanol–water partition coefficient (Wildman–Crippen LogP) is 3.37. The number of hydrogen-bond donors (Lipinski definition) is 2. The molecule has 0 aliphatic heterocycles. The highest BCUT2D eigenvalue weighted by Crippen LogP contribution is 2.33. The molecular formula is C13H13F3N2O. The van der Waals surface area contributed by atoms with Gasteiger partial charge in [0, 0.05) is 23.2 Å². The summed E-state index contributed by atoms with van der Waals surface area (Å²) in [6.45, 7) is 3.83. The van der Waals surface area contributed by atoms with Gasteiger partial charge in [0.15, 0.2) is 0 Å². The van der Waals surface area contributed by atoms with E-state index in [-0.39, 0.29) is 16.9 Å². The Labute approximate surface area is 107 Å². The van der Waals surface area contributed by atoms with Crippen molar-refractivity contribution in [3.8, 4) is 0 Å². The van der Waals surface area contributed by atoms with Crippen LogP contribution in [0.1, 0.15) is 19.4 Å². The zero-order valence-electron chi connectivity index (χ0n) is 10.4. The minimum Gasteiger partial charge on any atom is -0.383 e. The second kappa shape index (κ2) is 4.60. The molecule has 2 aromatic rings. The first kappa shape index (κ1) is 13.5. The topological polar surface area (TPSA) is 44.9 Å². The van der Waals surface area contributed by atoms with Crippen LogP contribution >= 0.6 is 0 Å². The molecule has 0 aliphatic carbocycles. The maximum atomic E-state index is 12.8. The summed E-state index contributed by atoms with van der Waals surface area (Å²) in [5.41, 5.74) is -0.841. The molecule has 2 N–H and O–H groups in total. The summed E-state index contributed by atoms with van der Waals surface area (Å²) in [4.78, 5) is 13.7. The van der Waals surface area contributed by atoms with Crippen molar-refractivity contribution in [1.82, 2.24) is 4.98 Å². The largest absolute Gasteiger partial charge is 0.417 e. The number of aromatic nitrogens is 1. The average molecular weight is 270 g/mol. The number of nitrogens with one attached hydrogen (secondary N) is 2. The average Bonchev–Trinajstić information content (AvgIpc) is 2.25. The fourth-order valence-electron chi connectivity index (χ4n) is 1.92. The van der Waals surface area contributed by atoms with E-state index >= 15 is 0 Å². The molecule has 0 unspecified atom stereocenters. The van der Waals surface area contributed by atoms with E-state index in [4.69, 9.17) is 0 Å². The van der Waals surface area contributed by atoms with Gasteiger partial charge in [-0.1, -0.05) is 6.07 Å². The molecule has 0 saturated heterocycles. The van der Waals surface area contributed by atoms with Crippen molar-refractivity contribution in [1.29, 1.82) is 0 Å². The van der Waals surface area contributed by atoms with Gasteiger partial charge in [0.25, 0.3) is 0 Å². The lowest BCUT2D eigenvalue weighted by Crippen LogP contribution is -2.14. The van der Waals surface area contributed by atoms with E-state index < -0.39 is 17.3 Å². The molecule has 0 fully saturated rings. The standard InChI is InChI=1S/C13H13F3N2O/c1-7(2)17-8-3-4-9-10(13(14,15)16)6-12(19)18-11(9)5-8/h3-7,17H,1-2H3,(H,18,19). The van der Waals surface area contributed by atoms with E-state index in [9.17, 15) is 18.0 Å². The van der Waals surface area contributed by atoms with Crippen LogP contribution in [0.5, 0.6) is 0 Å². The number of H-pyrrole nitrogens is 1. The molecule has 102 valence electrons. The third-order valence-electron chi connectivity index (χ3n) is 2.60. The van der Waals surface area contributed by atoms with Crippen molar-refractivity contribution in [3.63, 3.8) is 0 Å². The van der Waals surface area contributed by atoms with E-state index in [1.54, 1.807) is 6.07 Å². The molecule has 0 aliphatic rings. The number of halogens is 3. The first-order valence-electron chi connectivity index (χ1n) is 5.78. The Kier molecular flexibility index (Phi) is 3.26. The lowest BCUT2D eigenvalue weighted by atomic mass is 10.1. The third-order valence-corrected chi connectivity index (χ3v) is 2.60. The monoisotopic (exact) mass is 270 g/mol. The zero-order valence-corrected chi connectivity index (χ0v) is 10.4. The number of fused-ring (bicyclic) bond motifs is 1. The van der Waals surface area contributed by atoms with Crippen molar-refractivity contribution in [2.24, 2.45) is 0 Å². The van der Waals surface area contributed by atoms with Crippen molar-refractivity contribution < 1.29 is 13.2 Å². The summed E-state index contributed by atoms with van der Waals surface area (Å²) in [6, 6.07) is 5.16. The lowest BCUT2D eigenvalue weighted by Gasteiger charge is -2.13. The molecule has 0 spiro atoms. The molecule has 19 heavy (non-hydrogen) atoms. The van der Waals surface area contributed by atoms with Gasteiger partial charge < -0.3 is 10.3 Å². The van der Waals surface area contributed by atoms with Gasteiger partial charge in [0.2, 0.25) is 5.56 Å². The minimum absolute atomic E-state index is 0.0126. The number of rotatable bonds is 2. The fraction of sp³-hybridized carbons (Fsp3) is 0.308. The quantitative estimate of drug-likeness (QED) is 0.878. The molecule has 1 aromatic carbocycles. The highest BCUT2D eigenvalue weighted by molar-refractivity contribution is 5.85. The maximum Gasteiger partial charge on any atom is 0.417 e. The summed E-state index contributed by atoms with van der Waals surface area (Å²) in [6.07, 6.45) is -4.54. The van der Waals surface area contributed by atoms with Gasteiger partial charge in [0.05, 0.1) is 11.1 Å². The molecule has 1 heterocycles. The van der Waals surface area contributed by atoms with Gasteiger partial charge in [-0.05, 0) is 26.0 Å². The van der Waals surface area contributed by atoms with Gasteiger partial charge >= 0.3 is 6.18 Å². The molecule has 0 atom stereocenters. The Balaban J connectivity index is 2.65. The van der Waals surface area contributed by atoms with Gasteiger partial charge in [-0.25, -0.2) is 0 Å². The summed E-state index contributed by atoms with van der Waals surface area (Å²) >= 11 is 0. The van der Waals surface area contributed by atoms with Crippen molar-refractivity contribution in [2.45, 2.75) is 26.1 Å². The lowest BCUT2D eigenvalue weighted by molar-refractivity contribution is -0.136. The van der Waals surface area contributed by atoms with Gasteiger partial charge in [-0.3, -0.25) is 4.79 Å². The number of aromatic amines is 1. The smallest absolute Gasteiger partial charge is 0.383 e. The van der Waals surface area contributed by atoms with Crippen LogP contribution in [-0.4, -0.2) is 11.0 Å². The normalized spacial score (nSPS) is 12.1. The molecule has 0 saturated carbocycles. The molecule has 6 heteroatoms. The Hall–Kier alpha value is -1.98. The Morgan fingerprint density at radius 1 is 1.21 bits per heavy atom. The Morgan fingerprint density at radius 3 is 2.47 bits per heavy atom. The van der Waals surface area contributed by atoms with Crippen LogP contribution in [0.3, 0.4) is 0 Å². The second-order valence-corrected chi connectivity index (χ2v) is 4.60. The van der Waals surface area contributed by atoms with Crippen molar-refractivity contribution in [2.75, 3.05) is 5.32 Å². The predicted molar refractivity (Wildman–Crippen MR) is 68.3 cm³/mol. The minimum atomic E-state index is -4.54. The summed E-state index contributed by atoms with van der Waals surface area (Å²) in [5.74, 6) is 0. The summed E-state index contributed by atoms with van der Waals surface area (Å²) < 4.78 is 38.5. The molecule has 0 amide bonds. The maximum absolute atomic E-state index is 12.8. The number of anilines is 1. The van der Waals surface area contributed by atoms with Crippen LogP contribution in [0.25, 0.3) is 10.9 Å². The van der Waals surface area contributed by atoms with Gasteiger partial charge in [-0.15, -0.1) is 0 Å². The first-order chi connectivity index (χ1) is 8.77. The second-order valence-electron chi connectivity index (χ2n) is 4.60. The third kappa shape index (κ3) is 2.89. The Morgan fingerprint density at radius 2 is 1.89 bits per heavy atom. The number of benzene rings is 1. The van der Waals surface area contributed by atoms with Crippen LogP contribution in [0, 0.1) is 0 Å². The van der Waals surface area contributed by atoms with E-state index in [1.807, 2.05) is 13.8 Å². The van der Waals surface area contributed by atoms with Crippen molar-refractivity contribution >= 4 is 16.6 Å². The van der Waals surface area contributed by atoms with Crippen LogP contribution < -0.4 is 10.9 Å². The van der Waals surface area contributed by atoms with Crippen molar-refractivity contribution in [3.05, 3.63) is 40.2 Å². The highest BCUT2D eigenvalue weighted by Gasteiger charge is 2.33. The molecular weight excluding hydrogens is 257 g/mol. The molecule has 0 bridgehead atoms. The number of hydrogen-bond acceptors (Lipinski definition) is 2. The molecule has 3 nitrogen and oxygen atoms in total. The van der Waals surface area contributed by atoms with E-state index in [0.29, 0.717) is 11.8 Å². The fourth-order valence-corrected chi connectivity index (χ4v) is 1.92. The molecule has 1 aromatic heterocycles. The van der Waals surface area contributed by atoms with Crippen LogP contribution in [0.4, 0.5) is 18.9 Å². The molecule has 2 rings (SSSR count). The number of alkyl halides is 3. The van der Waals surface area contributed by atoms with Gasteiger partial charge in [0.1, 0.15) is 0 Å². The van der Waals surface area contributed by atoms with Crippen LogP contribution in [-0.2, 0) is 6.18 Å². The SMILES string of the molecule is CC(C)Nc1ccc2c(C(F)(F)F)cc(=O)[nH]c2c1. The van der Waals surface area contributed by atoms with E-state index in [2.05, 4.69) is 10.3 Å². The zero-order chi connectivity index (χ0) is 14.2. The molecule has 0 radical (unpaired) electrons. The van der Waals surface area contributed by atoms with Crippen LogP contribution in [0.2, 0.25) is 0 Å². The van der Waals surface area contributed by atoms with Crippen LogP contribution in [0.15, 0.2) is 29.1 Å². The summed E-state index contributed by atoms with van der Waals surface area (Å²) in [5, 5.41) is 3.06. The first-order valence-corrected chi connectivity index (χ1v) is 5.78. The van der Waals surface area contributed by atoms with E-state index in [1.165, 1.54) is 12.1 Å². The number of pyridine rings is 1. The summed E-state index contributed by atoms with van der Waals surface area (Å²) in [7, 11) is 0. The highest BCUT2D eigenvalue weighted by atomic mass is 19.4. The van der Waals surface area contributed by atoms with Gasteiger partial charge in [-0.2, -0.15) is 13.2 Å².